The van der Waals surface area contributed by atoms with Crippen LogP contribution in [0.2, 0.25) is 0 Å². The lowest BCUT2D eigenvalue weighted by atomic mass is 10.1. The summed E-state index contributed by atoms with van der Waals surface area (Å²) in [5, 5.41) is 0. The lowest BCUT2D eigenvalue weighted by Crippen LogP contribution is -2.32. The fourth-order valence-corrected chi connectivity index (χ4v) is 3.00. The maximum Gasteiger partial charge on any atom is 0.305 e. The third kappa shape index (κ3) is 14.1. The van der Waals surface area contributed by atoms with Gasteiger partial charge < -0.3 is 9.47 Å². The smallest absolute Gasteiger partial charge is 0.305 e. The zero-order chi connectivity index (χ0) is 18.0. The molecule has 1 heterocycles. The van der Waals surface area contributed by atoms with E-state index >= 15 is 0 Å². The Morgan fingerprint density at radius 1 is 0.880 bits per heavy atom. The summed E-state index contributed by atoms with van der Waals surface area (Å²) in [5.41, 5.74) is 0. The van der Waals surface area contributed by atoms with Crippen molar-refractivity contribution in [1.82, 2.24) is 0 Å². The molecule has 25 heavy (non-hydrogen) atoms. The molecule has 1 aliphatic heterocycles. The number of ether oxygens (including phenoxy) is 2. The van der Waals surface area contributed by atoms with Crippen LogP contribution in [-0.4, -0.2) is 25.8 Å². The second-order valence-corrected chi connectivity index (χ2v) is 7.42. The highest BCUT2D eigenvalue weighted by atomic mass is 16.5. The summed E-state index contributed by atoms with van der Waals surface area (Å²) in [5.74, 6) is 0.405. The first-order chi connectivity index (χ1) is 12.3. The fourth-order valence-electron chi connectivity index (χ4n) is 3.00. The summed E-state index contributed by atoms with van der Waals surface area (Å²) in [6.07, 6.45) is 21.9. The van der Waals surface area contributed by atoms with Crippen LogP contribution in [0, 0.1) is 5.92 Å². The van der Waals surface area contributed by atoms with Crippen molar-refractivity contribution in [3.8, 4) is 0 Å². The molecule has 1 aliphatic rings. The third-order valence-electron chi connectivity index (χ3n) is 4.83. The zero-order valence-electron chi connectivity index (χ0n) is 16.5. The highest BCUT2D eigenvalue weighted by Crippen LogP contribution is 2.12. The van der Waals surface area contributed by atoms with Crippen LogP contribution in [0.5, 0.6) is 0 Å². The molecule has 0 radical (unpaired) electrons. The van der Waals surface area contributed by atoms with Gasteiger partial charge >= 0.3 is 5.97 Å². The molecule has 0 aromatic rings. The minimum atomic E-state index is -0.0375. The van der Waals surface area contributed by atoms with Gasteiger partial charge in [0.1, 0.15) is 0 Å². The summed E-state index contributed by atoms with van der Waals surface area (Å²) in [7, 11) is 0. The van der Waals surface area contributed by atoms with Gasteiger partial charge in [0.2, 0.25) is 0 Å². The Kier molecular flexibility index (Phi) is 14.8. The lowest BCUT2D eigenvalue weighted by molar-refractivity contribution is -0.150. The minimum Gasteiger partial charge on any atom is -0.465 e. The van der Waals surface area contributed by atoms with Gasteiger partial charge in [-0.1, -0.05) is 70.4 Å². The van der Waals surface area contributed by atoms with Crippen molar-refractivity contribution in [3.05, 3.63) is 12.2 Å². The normalized spacial score (nSPS) is 14.8. The van der Waals surface area contributed by atoms with Crippen LogP contribution in [-0.2, 0) is 14.3 Å². The molecule has 0 spiro atoms. The van der Waals surface area contributed by atoms with Crippen LogP contribution in [0.3, 0.4) is 0 Å². The highest BCUT2D eigenvalue weighted by Gasteiger charge is 2.19. The molecule has 3 heteroatoms. The number of carbonyl (C=O) groups is 1. The van der Waals surface area contributed by atoms with Crippen LogP contribution >= 0.6 is 0 Å². The number of carbonyl (C=O) groups excluding carboxylic acids is 1. The summed E-state index contributed by atoms with van der Waals surface area (Å²) >= 11 is 0. The molecular formula is C22H40O3. The Hall–Kier alpha value is -0.830. The van der Waals surface area contributed by atoms with E-state index in [2.05, 4.69) is 19.1 Å². The molecule has 0 aliphatic carbocycles. The van der Waals surface area contributed by atoms with Crippen LogP contribution in [0.4, 0.5) is 0 Å². The van der Waals surface area contributed by atoms with Crippen molar-refractivity contribution in [2.45, 2.75) is 96.8 Å². The molecule has 1 rings (SSSR count). The summed E-state index contributed by atoms with van der Waals surface area (Å²) in [6, 6.07) is 0. The number of hydrogen-bond donors (Lipinski definition) is 0. The molecule has 0 saturated carbocycles. The van der Waals surface area contributed by atoms with E-state index in [1.54, 1.807) is 0 Å². The van der Waals surface area contributed by atoms with Gasteiger partial charge in [0.15, 0.2) is 0 Å². The van der Waals surface area contributed by atoms with Gasteiger partial charge in [0.25, 0.3) is 0 Å². The van der Waals surface area contributed by atoms with Crippen molar-refractivity contribution in [2.24, 2.45) is 5.92 Å². The molecule has 0 aromatic carbocycles. The number of unbranched alkanes of at least 4 members (excludes halogenated alkanes) is 11. The largest absolute Gasteiger partial charge is 0.465 e. The molecule has 1 saturated heterocycles. The average molecular weight is 353 g/mol. The van der Waals surface area contributed by atoms with E-state index in [9.17, 15) is 4.79 Å². The lowest BCUT2D eigenvalue weighted by Gasteiger charge is -2.25. The predicted molar refractivity (Wildman–Crippen MR) is 105 cm³/mol. The first-order valence-electron chi connectivity index (χ1n) is 10.7. The molecule has 1 fully saturated rings. The molecule has 0 atom stereocenters. The molecule has 0 unspecified atom stereocenters. The van der Waals surface area contributed by atoms with E-state index in [0.29, 0.717) is 18.9 Å². The Balaban J connectivity index is 1.73. The highest BCUT2D eigenvalue weighted by molar-refractivity contribution is 5.69. The van der Waals surface area contributed by atoms with Crippen molar-refractivity contribution in [2.75, 3.05) is 19.8 Å². The monoisotopic (exact) mass is 352 g/mol. The molecular weight excluding hydrogens is 312 g/mol. The quantitative estimate of drug-likeness (QED) is 0.177. The first-order valence-corrected chi connectivity index (χ1v) is 10.7. The topological polar surface area (TPSA) is 35.5 Å². The molecule has 0 bridgehead atoms. The zero-order valence-corrected chi connectivity index (χ0v) is 16.5. The molecule has 0 aromatic heterocycles. The van der Waals surface area contributed by atoms with Gasteiger partial charge in [-0.25, -0.2) is 0 Å². The van der Waals surface area contributed by atoms with E-state index in [1.807, 2.05) is 0 Å². The number of hydrogen-bond acceptors (Lipinski definition) is 3. The van der Waals surface area contributed by atoms with Crippen LogP contribution < -0.4 is 0 Å². The van der Waals surface area contributed by atoms with Gasteiger partial charge in [0, 0.05) is 12.3 Å². The summed E-state index contributed by atoms with van der Waals surface area (Å²) < 4.78 is 10.3. The molecule has 146 valence electrons. The predicted octanol–water partition coefficient (Wildman–Crippen LogP) is 6.21. The number of rotatable bonds is 17. The Morgan fingerprint density at radius 2 is 1.44 bits per heavy atom. The number of allylic oxidation sites excluding steroid dienone is 2. The fraction of sp³-hybridized carbons (Fsp3) is 0.864. The molecule has 3 nitrogen and oxygen atoms in total. The first kappa shape index (κ1) is 22.2. The van der Waals surface area contributed by atoms with E-state index in [4.69, 9.17) is 9.47 Å². The van der Waals surface area contributed by atoms with Gasteiger partial charge in [-0.15, -0.1) is 0 Å². The standard InChI is InChI=1S/C22H40O3/c1-2-3-4-5-6-7-8-9-10-11-12-13-14-15-16-17-22(23)25-20-21-18-24-19-21/h9-10,21H,2-8,11-20H2,1H3. The summed E-state index contributed by atoms with van der Waals surface area (Å²) in [6.45, 7) is 4.31. The van der Waals surface area contributed by atoms with E-state index in [-0.39, 0.29) is 5.97 Å². The minimum absolute atomic E-state index is 0.0375. The molecule has 0 amide bonds. The van der Waals surface area contributed by atoms with Gasteiger partial charge in [-0.2, -0.15) is 0 Å². The van der Waals surface area contributed by atoms with Gasteiger partial charge in [-0.05, 0) is 32.1 Å². The van der Waals surface area contributed by atoms with Gasteiger partial charge in [0.05, 0.1) is 19.8 Å². The Bertz CT molecular complexity index is 334. The number of esters is 1. The van der Waals surface area contributed by atoms with Crippen molar-refractivity contribution in [1.29, 1.82) is 0 Å². The Morgan fingerprint density at radius 3 is 2.00 bits per heavy atom. The van der Waals surface area contributed by atoms with Crippen molar-refractivity contribution >= 4 is 5.97 Å². The van der Waals surface area contributed by atoms with E-state index in [1.165, 1.54) is 70.6 Å². The molecule has 0 N–H and O–H groups in total. The third-order valence-corrected chi connectivity index (χ3v) is 4.83. The second-order valence-electron chi connectivity index (χ2n) is 7.42. The summed E-state index contributed by atoms with van der Waals surface area (Å²) in [4.78, 5) is 11.5. The maximum absolute atomic E-state index is 11.5. The van der Waals surface area contributed by atoms with E-state index < -0.39 is 0 Å². The van der Waals surface area contributed by atoms with Crippen LogP contribution in [0.1, 0.15) is 96.8 Å². The average Bonchev–Trinajstić information content (AvgIpc) is 2.57. The van der Waals surface area contributed by atoms with Crippen molar-refractivity contribution < 1.29 is 14.3 Å². The van der Waals surface area contributed by atoms with Crippen LogP contribution in [0.15, 0.2) is 12.2 Å². The van der Waals surface area contributed by atoms with Crippen molar-refractivity contribution in [3.63, 3.8) is 0 Å². The van der Waals surface area contributed by atoms with Crippen LogP contribution in [0.25, 0.3) is 0 Å². The SMILES string of the molecule is CCCCCCCCC=CCCCCCCCC(=O)OCC1COC1. The Labute approximate surface area is 155 Å². The maximum atomic E-state index is 11.5. The second kappa shape index (κ2) is 16.6. The van der Waals surface area contributed by atoms with Gasteiger partial charge in [-0.3, -0.25) is 4.79 Å². The van der Waals surface area contributed by atoms with E-state index in [0.717, 1.165) is 26.1 Å².